The van der Waals surface area contributed by atoms with E-state index < -0.39 is 43.4 Å². The second-order valence-electron chi connectivity index (χ2n) is 4.00. The fraction of sp³-hybridized carbons (Fsp3) is 0.778. The van der Waals surface area contributed by atoms with Gasteiger partial charge in [0.05, 0.1) is 6.61 Å². The number of amides is 2. The summed E-state index contributed by atoms with van der Waals surface area (Å²) < 4.78 is 36.7. The van der Waals surface area contributed by atoms with E-state index in [-0.39, 0.29) is 0 Å². The predicted molar refractivity (Wildman–Crippen MR) is 52.8 cm³/mol. The fourth-order valence-electron chi connectivity index (χ4n) is 1.36. The van der Waals surface area contributed by atoms with Gasteiger partial charge in [0.25, 0.3) is 0 Å². The number of hydrogen-bond acceptors (Lipinski definition) is 3. The molecule has 0 aliphatic heterocycles. The maximum atomic E-state index is 12.2. The third kappa shape index (κ3) is 4.40. The van der Waals surface area contributed by atoms with Crippen molar-refractivity contribution in [1.82, 2.24) is 10.2 Å². The molecule has 9 heteroatoms. The number of aliphatic hydroxyl groups excluding tert-OH is 1. The van der Waals surface area contributed by atoms with Crippen LogP contribution in [0, 0.1) is 0 Å². The van der Waals surface area contributed by atoms with E-state index in [0.29, 0.717) is 17.7 Å². The van der Waals surface area contributed by atoms with E-state index in [9.17, 15) is 22.8 Å². The molecule has 1 fully saturated rings. The van der Waals surface area contributed by atoms with Crippen LogP contribution in [0.1, 0.15) is 12.8 Å². The van der Waals surface area contributed by atoms with Gasteiger partial charge in [0, 0.05) is 6.04 Å². The van der Waals surface area contributed by atoms with E-state index in [1.165, 1.54) is 0 Å². The molecule has 0 heterocycles. The van der Waals surface area contributed by atoms with Crippen molar-refractivity contribution in [2.75, 3.05) is 13.2 Å². The maximum Gasteiger partial charge on any atom is 0.406 e. The molecule has 0 bridgehead atoms. The smallest absolute Gasteiger partial charge is 0.406 e. The number of hydrogen-bond donors (Lipinski definition) is 3. The highest BCUT2D eigenvalue weighted by atomic mass is 19.4. The zero-order valence-electron chi connectivity index (χ0n) is 9.28. The van der Waals surface area contributed by atoms with Gasteiger partial charge in [-0.2, -0.15) is 13.2 Å². The monoisotopic (exact) mass is 270 g/mol. The van der Waals surface area contributed by atoms with Gasteiger partial charge in [-0.15, -0.1) is 0 Å². The molecule has 1 aliphatic rings. The molecule has 104 valence electrons. The van der Waals surface area contributed by atoms with Crippen molar-refractivity contribution in [2.24, 2.45) is 0 Å². The van der Waals surface area contributed by atoms with E-state index in [2.05, 4.69) is 0 Å². The quantitative estimate of drug-likeness (QED) is 0.664. The van der Waals surface area contributed by atoms with Crippen molar-refractivity contribution in [2.45, 2.75) is 31.1 Å². The molecule has 1 rings (SSSR count). The Bertz CT molecular complexity index is 330. The number of urea groups is 1. The summed E-state index contributed by atoms with van der Waals surface area (Å²) in [7, 11) is 0. The maximum absolute atomic E-state index is 12.2. The van der Waals surface area contributed by atoms with Crippen LogP contribution in [0.4, 0.5) is 18.0 Å². The van der Waals surface area contributed by atoms with Crippen molar-refractivity contribution >= 4 is 12.0 Å². The van der Waals surface area contributed by atoms with Crippen LogP contribution in [0.5, 0.6) is 0 Å². The lowest BCUT2D eigenvalue weighted by atomic mass is 10.3. The Balaban J connectivity index is 2.62. The van der Waals surface area contributed by atoms with Crippen LogP contribution >= 0.6 is 0 Å². The first-order chi connectivity index (χ1) is 8.24. The minimum atomic E-state index is -4.54. The first-order valence-corrected chi connectivity index (χ1v) is 5.22. The van der Waals surface area contributed by atoms with Crippen molar-refractivity contribution < 1.29 is 33.0 Å². The Kier molecular flexibility index (Phi) is 4.38. The molecule has 0 unspecified atom stereocenters. The Morgan fingerprint density at radius 3 is 2.28 bits per heavy atom. The van der Waals surface area contributed by atoms with Gasteiger partial charge in [-0.1, -0.05) is 0 Å². The lowest BCUT2D eigenvalue weighted by Crippen LogP contribution is -2.52. The van der Waals surface area contributed by atoms with Crippen LogP contribution in [0.2, 0.25) is 0 Å². The lowest BCUT2D eigenvalue weighted by molar-refractivity contribution is -0.142. The minimum absolute atomic E-state index is 0.459. The zero-order chi connectivity index (χ0) is 13.9. The standard InChI is InChI=1S/C9H13F3N2O4/c10-9(11,12)4-14(5-1-2-5)8(18)13-6(3-15)7(16)17/h5-6,15H,1-4H2,(H,13,18)(H,16,17)/t6-/m1/s1. The fourth-order valence-corrected chi connectivity index (χ4v) is 1.36. The van der Waals surface area contributed by atoms with Crippen LogP contribution in [-0.4, -0.2) is 58.5 Å². The Hall–Kier alpha value is -1.51. The van der Waals surface area contributed by atoms with E-state index >= 15 is 0 Å². The van der Waals surface area contributed by atoms with Crippen molar-refractivity contribution in [3.8, 4) is 0 Å². The molecule has 6 nitrogen and oxygen atoms in total. The summed E-state index contributed by atoms with van der Waals surface area (Å²) in [6.45, 7) is -2.31. The number of carboxylic acids is 1. The number of carbonyl (C=O) groups excluding carboxylic acids is 1. The van der Waals surface area contributed by atoms with Crippen LogP contribution in [0.15, 0.2) is 0 Å². The van der Waals surface area contributed by atoms with Crippen LogP contribution in [0.25, 0.3) is 0 Å². The summed E-state index contributed by atoms with van der Waals surface area (Å²) in [6, 6.07) is -3.25. The number of halogens is 3. The number of carboxylic acid groups (broad SMARTS) is 1. The molecule has 0 aromatic carbocycles. The minimum Gasteiger partial charge on any atom is -0.480 e. The molecule has 1 atom stereocenters. The van der Waals surface area contributed by atoms with Crippen molar-refractivity contribution in [3.63, 3.8) is 0 Å². The number of carbonyl (C=O) groups is 2. The second-order valence-corrected chi connectivity index (χ2v) is 4.00. The summed E-state index contributed by atoms with van der Waals surface area (Å²) in [6.07, 6.45) is -3.63. The number of aliphatic carboxylic acids is 1. The number of nitrogens with one attached hydrogen (secondary N) is 1. The molecular formula is C9H13F3N2O4. The van der Waals surface area contributed by atoms with Gasteiger partial charge in [-0.3, -0.25) is 0 Å². The van der Waals surface area contributed by atoms with Gasteiger partial charge in [0.15, 0.2) is 6.04 Å². The summed E-state index contributed by atoms with van der Waals surface area (Å²) in [5, 5.41) is 19.1. The third-order valence-electron chi connectivity index (χ3n) is 2.38. The SMILES string of the molecule is O=C(O)[C@@H](CO)NC(=O)N(CC(F)(F)F)C1CC1. The van der Waals surface area contributed by atoms with Crippen LogP contribution in [0.3, 0.4) is 0 Å². The Morgan fingerprint density at radius 2 is 1.94 bits per heavy atom. The van der Waals surface area contributed by atoms with E-state index in [0.717, 1.165) is 0 Å². The number of rotatable bonds is 5. The average Bonchev–Trinajstić information content (AvgIpc) is 3.04. The summed E-state index contributed by atoms with van der Waals surface area (Å²) in [4.78, 5) is 22.6. The molecule has 3 N–H and O–H groups in total. The van der Waals surface area contributed by atoms with Gasteiger partial charge >= 0.3 is 18.2 Å². The average molecular weight is 270 g/mol. The van der Waals surface area contributed by atoms with Crippen LogP contribution < -0.4 is 5.32 Å². The van der Waals surface area contributed by atoms with Gasteiger partial charge < -0.3 is 20.4 Å². The highest BCUT2D eigenvalue weighted by molar-refractivity contribution is 5.83. The third-order valence-corrected chi connectivity index (χ3v) is 2.38. The largest absolute Gasteiger partial charge is 0.480 e. The first-order valence-electron chi connectivity index (χ1n) is 5.22. The second kappa shape index (κ2) is 5.42. The van der Waals surface area contributed by atoms with Crippen LogP contribution in [-0.2, 0) is 4.79 Å². The molecular weight excluding hydrogens is 257 g/mol. The molecule has 0 aromatic rings. The van der Waals surface area contributed by atoms with E-state index in [1.54, 1.807) is 0 Å². The molecule has 1 saturated carbocycles. The highest BCUT2D eigenvalue weighted by Gasteiger charge is 2.41. The topological polar surface area (TPSA) is 89.9 Å². The number of alkyl halides is 3. The van der Waals surface area contributed by atoms with Crippen molar-refractivity contribution in [3.05, 3.63) is 0 Å². The molecule has 18 heavy (non-hydrogen) atoms. The molecule has 0 saturated heterocycles. The van der Waals surface area contributed by atoms with Gasteiger partial charge in [0.1, 0.15) is 6.54 Å². The Labute approximate surface area is 100 Å². The normalized spacial score (nSPS) is 17.1. The van der Waals surface area contributed by atoms with Gasteiger partial charge in [-0.25, -0.2) is 9.59 Å². The lowest BCUT2D eigenvalue weighted by Gasteiger charge is -2.25. The number of nitrogens with zero attached hydrogens (tertiary/aromatic N) is 1. The summed E-state index contributed by atoms with van der Waals surface area (Å²) in [5.41, 5.74) is 0. The Morgan fingerprint density at radius 1 is 1.39 bits per heavy atom. The predicted octanol–water partition coefficient (Wildman–Crippen LogP) is 0.168. The van der Waals surface area contributed by atoms with Crippen molar-refractivity contribution in [1.29, 1.82) is 0 Å². The summed E-state index contributed by atoms with van der Waals surface area (Å²) in [5.74, 6) is -1.51. The molecule has 2 amide bonds. The van der Waals surface area contributed by atoms with Gasteiger partial charge in [0.2, 0.25) is 0 Å². The number of aliphatic hydroxyl groups is 1. The van der Waals surface area contributed by atoms with Gasteiger partial charge in [-0.05, 0) is 12.8 Å². The molecule has 0 spiro atoms. The van der Waals surface area contributed by atoms with E-state index in [1.807, 2.05) is 5.32 Å². The molecule has 0 aromatic heterocycles. The summed E-state index contributed by atoms with van der Waals surface area (Å²) >= 11 is 0. The highest BCUT2D eigenvalue weighted by Crippen LogP contribution is 2.30. The van der Waals surface area contributed by atoms with E-state index in [4.69, 9.17) is 10.2 Å². The first kappa shape index (κ1) is 14.6. The molecule has 1 aliphatic carbocycles. The molecule has 0 radical (unpaired) electrons. The zero-order valence-corrected chi connectivity index (χ0v) is 9.28.